The van der Waals surface area contributed by atoms with E-state index in [1.807, 2.05) is 24.3 Å². The van der Waals surface area contributed by atoms with Gasteiger partial charge in [-0.2, -0.15) is 0 Å². The van der Waals surface area contributed by atoms with Gasteiger partial charge in [0.1, 0.15) is 5.69 Å². The summed E-state index contributed by atoms with van der Waals surface area (Å²) in [6.07, 6.45) is 2.67. The number of hydrogen-bond acceptors (Lipinski definition) is 2. The number of nitrogen functional groups attached to an aromatic ring is 1. The van der Waals surface area contributed by atoms with Gasteiger partial charge in [0.2, 0.25) is 0 Å². The fraction of sp³-hybridized carbons (Fsp3) is 0.267. The lowest BCUT2D eigenvalue weighted by Crippen LogP contribution is -2.32. The molecule has 1 amide bonds. The third kappa shape index (κ3) is 2.78. The highest BCUT2D eigenvalue weighted by molar-refractivity contribution is 5.98. The molecule has 0 spiro atoms. The minimum Gasteiger partial charge on any atom is -0.399 e. The normalized spacial score (nSPS) is 10.6. The molecule has 0 radical (unpaired) electrons. The van der Waals surface area contributed by atoms with Crippen molar-refractivity contribution >= 4 is 22.5 Å². The van der Waals surface area contributed by atoms with E-state index in [9.17, 15) is 4.79 Å². The summed E-state index contributed by atoms with van der Waals surface area (Å²) in [5.74, 6) is -0.00322. The standard InChI is InChI=1S/C15H19N3O/c1-3-7-18(8-4-2)15(19)14-10-11-9-12(16)5-6-13(11)17-14/h3,5-6,9-10,17H,1,4,7-8,16H2,2H3. The zero-order valence-corrected chi connectivity index (χ0v) is 11.1. The number of nitrogens with zero attached hydrogens (tertiary/aromatic N) is 1. The van der Waals surface area contributed by atoms with E-state index in [1.54, 1.807) is 11.0 Å². The van der Waals surface area contributed by atoms with Crippen molar-refractivity contribution in [2.75, 3.05) is 18.8 Å². The van der Waals surface area contributed by atoms with E-state index in [0.29, 0.717) is 17.9 Å². The molecular formula is C15H19N3O. The molecule has 1 aromatic heterocycles. The molecule has 2 aromatic rings. The van der Waals surface area contributed by atoms with Gasteiger partial charge in [0.15, 0.2) is 0 Å². The Morgan fingerprint density at radius 2 is 2.26 bits per heavy atom. The average Bonchev–Trinajstić information content (AvgIpc) is 2.80. The third-order valence-corrected chi connectivity index (χ3v) is 3.01. The lowest BCUT2D eigenvalue weighted by atomic mass is 10.2. The van der Waals surface area contributed by atoms with Crippen LogP contribution < -0.4 is 5.73 Å². The lowest BCUT2D eigenvalue weighted by Gasteiger charge is -2.19. The van der Waals surface area contributed by atoms with Gasteiger partial charge in [-0.3, -0.25) is 4.79 Å². The van der Waals surface area contributed by atoms with Crippen molar-refractivity contribution in [2.24, 2.45) is 0 Å². The minimum atomic E-state index is -0.00322. The Labute approximate surface area is 112 Å². The number of nitrogens with one attached hydrogen (secondary N) is 1. The number of H-pyrrole nitrogens is 1. The third-order valence-electron chi connectivity index (χ3n) is 3.01. The molecule has 0 aliphatic heterocycles. The van der Waals surface area contributed by atoms with Gasteiger partial charge in [0.05, 0.1) is 0 Å². The van der Waals surface area contributed by atoms with Crippen LogP contribution >= 0.6 is 0 Å². The zero-order chi connectivity index (χ0) is 13.8. The van der Waals surface area contributed by atoms with Crippen molar-refractivity contribution in [1.82, 2.24) is 9.88 Å². The molecule has 0 bridgehead atoms. The minimum absolute atomic E-state index is 0.00322. The monoisotopic (exact) mass is 257 g/mol. The quantitative estimate of drug-likeness (QED) is 0.639. The highest BCUT2D eigenvalue weighted by Gasteiger charge is 2.16. The molecule has 0 atom stereocenters. The van der Waals surface area contributed by atoms with Crippen LogP contribution in [0, 0.1) is 0 Å². The van der Waals surface area contributed by atoms with E-state index in [1.165, 1.54) is 0 Å². The molecule has 4 heteroatoms. The number of carbonyl (C=O) groups is 1. The predicted molar refractivity (Wildman–Crippen MR) is 79.1 cm³/mol. The molecule has 0 aliphatic carbocycles. The number of carbonyl (C=O) groups excluding carboxylic acids is 1. The number of hydrogen-bond donors (Lipinski definition) is 2. The SMILES string of the molecule is C=CCN(CCC)C(=O)c1cc2cc(N)ccc2[nH]1. The predicted octanol–water partition coefficient (Wildman–Crippen LogP) is 2.79. The molecule has 100 valence electrons. The van der Waals surface area contributed by atoms with Gasteiger partial charge in [-0.05, 0) is 30.7 Å². The Morgan fingerprint density at radius 3 is 2.95 bits per heavy atom. The zero-order valence-electron chi connectivity index (χ0n) is 11.1. The highest BCUT2D eigenvalue weighted by atomic mass is 16.2. The highest BCUT2D eigenvalue weighted by Crippen LogP contribution is 2.19. The first kappa shape index (κ1) is 13.2. The summed E-state index contributed by atoms with van der Waals surface area (Å²) in [6.45, 7) is 7.03. The summed E-state index contributed by atoms with van der Waals surface area (Å²) in [5, 5.41) is 0.957. The Hall–Kier alpha value is -2.23. The maximum absolute atomic E-state index is 12.4. The van der Waals surface area contributed by atoms with Crippen molar-refractivity contribution in [3.05, 3.63) is 42.6 Å². The number of nitrogens with two attached hydrogens (primary N) is 1. The largest absolute Gasteiger partial charge is 0.399 e. The maximum Gasteiger partial charge on any atom is 0.270 e. The van der Waals surface area contributed by atoms with E-state index >= 15 is 0 Å². The first-order valence-corrected chi connectivity index (χ1v) is 6.44. The Morgan fingerprint density at radius 1 is 1.47 bits per heavy atom. The number of aromatic amines is 1. The molecule has 1 aromatic carbocycles. The molecule has 1 heterocycles. The molecule has 0 saturated carbocycles. The van der Waals surface area contributed by atoms with Gasteiger partial charge in [0.25, 0.3) is 5.91 Å². The summed E-state index contributed by atoms with van der Waals surface area (Å²) >= 11 is 0. The molecule has 4 nitrogen and oxygen atoms in total. The smallest absolute Gasteiger partial charge is 0.270 e. The lowest BCUT2D eigenvalue weighted by molar-refractivity contribution is 0.0769. The molecule has 0 saturated heterocycles. The summed E-state index contributed by atoms with van der Waals surface area (Å²) in [5.41, 5.74) is 7.96. The van der Waals surface area contributed by atoms with Gasteiger partial charge in [0, 0.05) is 29.7 Å². The Kier molecular flexibility index (Phi) is 3.90. The number of aromatic nitrogens is 1. The van der Waals surface area contributed by atoms with Crippen LogP contribution in [0.25, 0.3) is 10.9 Å². The number of amides is 1. The summed E-state index contributed by atoms with van der Waals surface area (Å²) in [6, 6.07) is 7.42. The van der Waals surface area contributed by atoms with Crippen LogP contribution in [0.5, 0.6) is 0 Å². The van der Waals surface area contributed by atoms with Gasteiger partial charge >= 0.3 is 0 Å². The van der Waals surface area contributed by atoms with Crippen molar-refractivity contribution < 1.29 is 4.79 Å². The second-order valence-electron chi connectivity index (χ2n) is 4.57. The molecule has 0 unspecified atom stereocenters. The van der Waals surface area contributed by atoms with Crippen molar-refractivity contribution in [1.29, 1.82) is 0 Å². The van der Waals surface area contributed by atoms with Crippen LogP contribution in [0.4, 0.5) is 5.69 Å². The Balaban J connectivity index is 2.31. The molecule has 2 rings (SSSR count). The molecule has 3 N–H and O–H groups in total. The van der Waals surface area contributed by atoms with E-state index in [-0.39, 0.29) is 5.91 Å². The maximum atomic E-state index is 12.4. The first-order valence-electron chi connectivity index (χ1n) is 6.44. The number of benzene rings is 1. The van der Waals surface area contributed by atoms with E-state index in [0.717, 1.165) is 23.9 Å². The molecule has 0 aliphatic rings. The topological polar surface area (TPSA) is 62.1 Å². The van der Waals surface area contributed by atoms with Crippen LogP contribution in [0.15, 0.2) is 36.9 Å². The van der Waals surface area contributed by atoms with E-state index in [2.05, 4.69) is 18.5 Å². The van der Waals surface area contributed by atoms with E-state index in [4.69, 9.17) is 5.73 Å². The molecule has 19 heavy (non-hydrogen) atoms. The second-order valence-corrected chi connectivity index (χ2v) is 4.57. The van der Waals surface area contributed by atoms with Crippen LogP contribution in [-0.2, 0) is 0 Å². The summed E-state index contributed by atoms with van der Waals surface area (Å²) < 4.78 is 0. The summed E-state index contributed by atoms with van der Waals surface area (Å²) in [4.78, 5) is 17.3. The van der Waals surface area contributed by atoms with Gasteiger partial charge in [-0.1, -0.05) is 13.0 Å². The van der Waals surface area contributed by atoms with Crippen molar-refractivity contribution in [2.45, 2.75) is 13.3 Å². The molecule has 0 fully saturated rings. The van der Waals surface area contributed by atoms with Gasteiger partial charge < -0.3 is 15.6 Å². The van der Waals surface area contributed by atoms with Gasteiger partial charge in [-0.25, -0.2) is 0 Å². The second kappa shape index (κ2) is 5.61. The van der Waals surface area contributed by atoms with Crippen molar-refractivity contribution in [3.8, 4) is 0 Å². The number of anilines is 1. The molecular weight excluding hydrogens is 238 g/mol. The number of fused-ring (bicyclic) bond motifs is 1. The Bertz CT molecular complexity index is 600. The fourth-order valence-corrected chi connectivity index (χ4v) is 2.14. The number of rotatable bonds is 5. The van der Waals surface area contributed by atoms with Crippen LogP contribution in [-0.4, -0.2) is 28.9 Å². The van der Waals surface area contributed by atoms with Gasteiger partial charge in [-0.15, -0.1) is 6.58 Å². The van der Waals surface area contributed by atoms with Crippen molar-refractivity contribution in [3.63, 3.8) is 0 Å². The van der Waals surface area contributed by atoms with Crippen LogP contribution in [0.3, 0.4) is 0 Å². The summed E-state index contributed by atoms with van der Waals surface area (Å²) in [7, 11) is 0. The van der Waals surface area contributed by atoms with E-state index < -0.39 is 0 Å². The first-order chi connectivity index (χ1) is 9.15. The fourth-order valence-electron chi connectivity index (χ4n) is 2.14. The van der Waals surface area contributed by atoms with Crippen LogP contribution in [0.1, 0.15) is 23.8 Å². The average molecular weight is 257 g/mol. The van der Waals surface area contributed by atoms with Crippen LogP contribution in [0.2, 0.25) is 0 Å².